The van der Waals surface area contributed by atoms with Gasteiger partial charge in [-0.2, -0.15) is 0 Å². The third-order valence-electron chi connectivity index (χ3n) is 6.19. The second kappa shape index (κ2) is 10.2. The number of rotatable bonds is 6. The summed E-state index contributed by atoms with van der Waals surface area (Å²) in [7, 11) is 0. The van der Waals surface area contributed by atoms with Gasteiger partial charge in [0.1, 0.15) is 6.04 Å². The molecule has 0 unspecified atom stereocenters. The molecule has 0 aliphatic carbocycles. The Morgan fingerprint density at radius 3 is 2.52 bits per heavy atom. The number of carbonyl (C=O) groups is 2. The van der Waals surface area contributed by atoms with Gasteiger partial charge in [-0.1, -0.05) is 48.9 Å². The van der Waals surface area contributed by atoms with Gasteiger partial charge in [-0.05, 0) is 30.7 Å². The van der Waals surface area contributed by atoms with E-state index in [2.05, 4.69) is 15.2 Å². The molecule has 1 aliphatic rings. The number of H-pyrrole nitrogens is 1. The van der Waals surface area contributed by atoms with Gasteiger partial charge in [0.2, 0.25) is 0 Å². The summed E-state index contributed by atoms with van der Waals surface area (Å²) < 4.78 is 5.31. The predicted octanol–water partition coefficient (Wildman–Crippen LogP) is 4.39. The second-order valence-electron chi connectivity index (χ2n) is 8.18. The first-order chi connectivity index (χ1) is 16.0. The van der Waals surface area contributed by atoms with Crippen molar-refractivity contribution in [2.45, 2.75) is 25.8 Å². The summed E-state index contributed by atoms with van der Waals surface area (Å²) in [5.41, 5.74) is 2.92. The van der Waals surface area contributed by atoms with Crippen molar-refractivity contribution >= 4 is 40.2 Å². The highest BCUT2D eigenvalue weighted by molar-refractivity contribution is 6.33. The van der Waals surface area contributed by atoms with Crippen LogP contribution in [-0.4, -0.2) is 60.7 Å². The summed E-state index contributed by atoms with van der Waals surface area (Å²) >= 11 is 6.33. The number of nitrogens with one attached hydrogen (secondary N) is 2. The van der Waals surface area contributed by atoms with E-state index in [1.807, 2.05) is 61.7 Å². The van der Waals surface area contributed by atoms with E-state index in [0.717, 1.165) is 22.2 Å². The van der Waals surface area contributed by atoms with Crippen molar-refractivity contribution in [2.24, 2.45) is 0 Å². The fraction of sp³-hybridized carbons (Fsp3) is 0.360. The number of benzene rings is 2. The molecule has 0 radical (unpaired) electrons. The minimum absolute atomic E-state index is 0.252. The van der Waals surface area contributed by atoms with Crippen molar-refractivity contribution in [3.05, 3.63) is 65.3 Å². The zero-order valence-electron chi connectivity index (χ0n) is 18.9. The van der Waals surface area contributed by atoms with Crippen LogP contribution in [0.3, 0.4) is 0 Å². The Hall–Kier alpha value is -3.19. The monoisotopic (exact) mass is 468 g/mol. The third kappa shape index (κ3) is 4.93. The van der Waals surface area contributed by atoms with Crippen LogP contribution in [0.1, 0.15) is 25.3 Å². The first-order valence-corrected chi connectivity index (χ1v) is 11.6. The van der Waals surface area contributed by atoms with E-state index < -0.39 is 12.0 Å². The number of piperazine rings is 1. The first-order valence-electron chi connectivity index (χ1n) is 11.3. The van der Waals surface area contributed by atoms with Gasteiger partial charge in [-0.15, -0.1) is 0 Å². The molecule has 1 fully saturated rings. The van der Waals surface area contributed by atoms with Crippen LogP contribution in [0.4, 0.5) is 10.5 Å². The number of aromatic nitrogens is 1. The zero-order chi connectivity index (χ0) is 23.4. The average Bonchev–Trinajstić information content (AvgIpc) is 3.27. The van der Waals surface area contributed by atoms with Crippen LogP contribution < -0.4 is 10.2 Å². The standard InChI is InChI=1S/C25H29ClN4O3/c1-3-33-24(31)23(17(2)19-16-27-21-10-6-4-8-18(19)21)28-25(32)30-14-12-29(13-15-30)22-11-7-5-9-20(22)26/h4-11,16-17,23,27H,3,12-15H2,1-2H3,(H,28,32)/t17-,23+/m0/s1. The maximum Gasteiger partial charge on any atom is 0.329 e. The van der Waals surface area contributed by atoms with Gasteiger partial charge in [0.25, 0.3) is 0 Å². The number of nitrogens with zero attached hydrogens (tertiary/aromatic N) is 2. The summed E-state index contributed by atoms with van der Waals surface area (Å²) in [6.45, 7) is 6.36. The van der Waals surface area contributed by atoms with E-state index >= 15 is 0 Å². The molecule has 2 heterocycles. The lowest BCUT2D eigenvalue weighted by Crippen LogP contribution is -2.55. The highest BCUT2D eigenvalue weighted by Crippen LogP contribution is 2.29. The van der Waals surface area contributed by atoms with E-state index in [-0.39, 0.29) is 18.6 Å². The van der Waals surface area contributed by atoms with Gasteiger partial charge in [0.05, 0.1) is 17.3 Å². The van der Waals surface area contributed by atoms with Crippen molar-refractivity contribution in [3.63, 3.8) is 0 Å². The van der Waals surface area contributed by atoms with Crippen LogP contribution in [0.25, 0.3) is 10.9 Å². The maximum absolute atomic E-state index is 13.1. The van der Waals surface area contributed by atoms with E-state index in [9.17, 15) is 9.59 Å². The van der Waals surface area contributed by atoms with Crippen molar-refractivity contribution in [2.75, 3.05) is 37.7 Å². The van der Waals surface area contributed by atoms with Crippen molar-refractivity contribution in [1.82, 2.24) is 15.2 Å². The SMILES string of the molecule is CCOC(=O)[C@H](NC(=O)N1CCN(c2ccccc2Cl)CC1)[C@@H](C)c1c[nH]c2ccccc12. The molecule has 1 aliphatic heterocycles. The van der Waals surface area contributed by atoms with E-state index in [4.69, 9.17) is 16.3 Å². The molecule has 0 spiro atoms. The first kappa shape index (κ1) is 23.0. The van der Waals surface area contributed by atoms with Crippen LogP contribution in [0.5, 0.6) is 0 Å². The number of esters is 1. The lowest BCUT2D eigenvalue weighted by atomic mass is 9.93. The van der Waals surface area contributed by atoms with Gasteiger partial charge in [0.15, 0.2) is 0 Å². The van der Waals surface area contributed by atoms with E-state index in [1.54, 1.807) is 11.8 Å². The Bertz CT molecular complexity index is 1120. The molecule has 8 heteroatoms. The quantitative estimate of drug-likeness (QED) is 0.526. The fourth-order valence-corrected chi connectivity index (χ4v) is 4.61. The van der Waals surface area contributed by atoms with Gasteiger partial charge >= 0.3 is 12.0 Å². The summed E-state index contributed by atoms with van der Waals surface area (Å²) in [6.07, 6.45) is 1.90. The highest BCUT2D eigenvalue weighted by atomic mass is 35.5. The topological polar surface area (TPSA) is 77.7 Å². The molecule has 0 bridgehead atoms. The lowest BCUT2D eigenvalue weighted by molar-refractivity contribution is -0.145. The van der Waals surface area contributed by atoms with E-state index in [0.29, 0.717) is 31.2 Å². The fourth-order valence-electron chi connectivity index (χ4n) is 4.35. The summed E-state index contributed by atoms with van der Waals surface area (Å²) in [6, 6.07) is 14.6. The molecule has 7 nitrogen and oxygen atoms in total. The number of halogens is 1. The number of hydrogen-bond donors (Lipinski definition) is 2. The molecule has 1 aromatic heterocycles. The Morgan fingerprint density at radius 1 is 1.09 bits per heavy atom. The normalized spacial score (nSPS) is 15.8. The van der Waals surface area contributed by atoms with Gasteiger partial charge in [-0.25, -0.2) is 9.59 Å². The molecule has 3 aromatic rings. The highest BCUT2D eigenvalue weighted by Gasteiger charge is 2.33. The minimum atomic E-state index is -0.793. The van der Waals surface area contributed by atoms with Crippen LogP contribution >= 0.6 is 11.6 Å². The third-order valence-corrected chi connectivity index (χ3v) is 6.51. The number of amides is 2. The molecular weight excluding hydrogens is 440 g/mol. The molecule has 174 valence electrons. The number of hydrogen-bond acceptors (Lipinski definition) is 4. The Labute approximate surface area is 198 Å². The predicted molar refractivity (Wildman–Crippen MR) is 131 cm³/mol. The molecular formula is C25H29ClN4O3. The molecule has 33 heavy (non-hydrogen) atoms. The van der Waals surface area contributed by atoms with Crippen LogP contribution in [0.2, 0.25) is 5.02 Å². The van der Waals surface area contributed by atoms with Crippen LogP contribution in [0.15, 0.2) is 54.7 Å². The van der Waals surface area contributed by atoms with Crippen LogP contribution in [-0.2, 0) is 9.53 Å². The maximum atomic E-state index is 13.1. The van der Waals surface area contributed by atoms with E-state index in [1.165, 1.54) is 0 Å². The molecule has 2 amide bonds. The number of urea groups is 1. The van der Waals surface area contributed by atoms with Crippen LogP contribution in [0, 0.1) is 0 Å². The Morgan fingerprint density at radius 2 is 1.79 bits per heavy atom. The Kier molecular flexibility index (Phi) is 7.08. The summed E-state index contributed by atoms with van der Waals surface area (Å²) in [5.74, 6) is -0.702. The average molecular weight is 469 g/mol. The molecule has 2 aromatic carbocycles. The molecule has 2 atom stereocenters. The van der Waals surface area contributed by atoms with Crippen molar-refractivity contribution < 1.29 is 14.3 Å². The van der Waals surface area contributed by atoms with Crippen molar-refractivity contribution in [3.8, 4) is 0 Å². The van der Waals surface area contributed by atoms with Crippen molar-refractivity contribution in [1.29, 1.82) is 0 Å². The van der Waals surface area contributed by atoms with Gasteiger partial charge in [-0.3, -0.25) is 0 Å². The smallest absolute Gasteiger partial charge is 0.329 e. The van der Waals surface area contributed by atoms with Gasteiger partial charge < -0.3 is 24.8 Å². The number of aromatic amines is 1. The summed E-state index contributed by atoms with van der Waals surface area (Å²) in [5, 5.41) is 4.67. The number of fused-ring (bicyclic) bond motifs is 1. The second-order valence-corrected chi connectivity index (χ2v) is 8.59. The zero-order valence-corrected chi connectivity index (χ0v) is 19.6. The van der Waals surface area contributed by atoms with Gasteiger partial charge in [0, 0.05) is 49.2 Å². The largest absolute Gasteiger partial charge is 0.464 e. The number of anilines is 1. The number of ether oxygens (including phenoxy) is 1. The molecule has 2 N–H and O–H groups in total. The number of carbonyl (C=O) groups excluding carboxylic acids is 2. The minimum Gasteiger partial charge on any atom is -0.464 e. The molecule has 4 rings (SSSR count). The molecule has 0 saturated carbocycles. The molecule has 1 saturated heterocycles. The summed E-state index contributed by atoms with van der Waals surface area (Å²) in [4.78, 5) is 33.1. The Balaban J connectivity index is 1.46. The number of para-hydroxylation sites is 2. The lowest BCUT2D eigenvalue weighted by Gasteiger charge is -2.37.